The van der Waals surface area contributed by atoms with Gasteiger partial charge in [-0.05, 0) is 43.4 Å². The second-order valence-electron chi connectivity index (χ2n) is 7.53. The number of hydrogen-bond donors (Lipinski definition) is 2. The molecule has 1 aliphatic carbocycles. The molecule has 0 spiro atoms. The SMILES string of the molecule is COc1cc(NC(=O)CC2(CN)CCCCC2)ccc1N1CCCC1=O. The van der Waals surface area contributed by atoms with Crippen LogP contribution in [0.4, 0.5) is 11.4 Å². The maximum absolute atomic E-state index is 12.6. The minimum Gasteiger partial charge on any atom is -0.494 e. The maximum Gasteiger partial charge on any atom is 0.227 e. The molecule has 1 aliphatic heterocycles. The van der Waals surface area contributed by atoms with Gasteiger partial charge in [-0.25, -0.2) is 0 Å². The van der Waals surface area contributed by atoms with Crippen molar-refractivity contribution in [2.45, 2.75) is 51.4 Å². The number of hydrogen-bond acceptors (Lipinski definition) is 4. The Balaban J connectivity index is 1.69. The topological polar surface area (TPSA) is 84.7 Å². The summed E-state index contributed by atoms with van der Waals surface area (Å²) in [6.45, 7) is 1.26. The first-order valence-corrected chi connectivity index (χ1v) is 9.55. The number of rotatable bonds is 6. The predicted molar refractivity (Wildman–Crippen MR) is 102 cm³/mol. The summed E-state index contributed by atoms with van der Waals surface area (Å²) in [7, 11) is 1.58. The molecule has 0 unspecified atom stereocenters. The fourth-order valence-corrected chi connectivity index (χ4v) is 4.18. The molecule has 1 heterocycles. The van der Waals surface area contributed by atoms with E-state index in [0.717, 1.165) is 37.8 Å². The summed E-state index contributed by atoms with van der Waals surface area (Å²) in [4.78, 5) is 26.3. The summed E-state index contributed by atoms with van der Waals surface area (Å²) in [6, 6.07) is 5.46. The highest BCUT2D eigenvalue weighted by molar-refractivity contribution is 5.98. The smallest absolute Gasteiger partial charge is 0.227 e. The summed E-state index contributed by atoms with van der Waals surface area (Å²) in [6.07, 6.45) is 7.47. The summed E-state index contributed by atoms with van der Waals surface area (Å²) in [5.74, 6) is 0.705. The number of ether oxygens (including phenoxy) is 1. The van der Waals surface area contributed by atoms with Gasteiger partial charge >= 0.3 is 0 Å². The van der Waals surface area contributed by atoms with Gasteiger partial charge in [-0.3, -0.25) is 9.59 Å². The number of benzene rings is 1. The lowest BCUT2D eigenvalue weighted by molar-refractivity contribution is -0.119. The standard InChI is InChI=1S/C20H29N3O3/c1-26-17-12-15(7-8-16(17)23-11-5-6-19(23)25)22-18(24)13-20(14-21)9-3-2-4-10-20/h7-8,12H,2-6,9-11,13-14,21H2,1H3,(H,22,24). The molecule has 1 aromatic rings. The molecule has 1 aromatic carbocycles. The van der Waals surface area contributed by atoms with E-state index in [1.807, 2.05) is 12.1 Å². The van der Waals surface area contributed by atoms with Gasteiger partial charge in [0.1, 0.15) is 5.75 Å². The Morgan fingerprint density at radius 2 is 2.04 bits per heavy atom. The van der Waals surface area contributed by atoms with E-state index >= 15 is 0 Å². The van der Waals surface area contributed by atoms with Crippen molar-refractivity contribution in [1.82, 2.24) is 0 Å². The second kappa shape index (κ2) is 8.08. The first-order chi connectivity index (χ1) is 12.6. The van der Waals surface area contributed by atoms with E-state index in [9.17, 15) is 9.59 Å². The number of amides is 2. The van der Waals surface area contributed by atoms with Crippen LogP contribution in [0.25, 0.3) is 0 Å². The maximum atomic E-state index is 12.6. The molecule has 2 amide bonds. The van der Waals surface area contributed by atoms with Crippen LogP contribution in [-0.2, 0) is 9.59 Å². The number of carbonyl (C=O) groups excluding carboxylic acids is 2. The monoisotopic (exact) mass is 359 g/mol. The summed E-state index contributed by atoms with van der Waals surface area (Å²) in [5, 5.41) is 2.97. The van der Waals surface area contributed by atoms with Crippen LogP contribution in [0.5, 0.6) is 5.75 Å². The fourth-order valence-electron chi connectivity index (χ4n) is 4.18. The summed E-state index contributed by atoms with van der Waals surface area (Å²) >= 11 is 0. The first kappa shape index (κ1) is 18.7. The molecule has 6 heteroatoms. The quantitative estimate of drug-likeness (QED) is 0.817. The van der Waals surface area contributed by atoms with E-state index in [4.69, 9.17) is 10.5 Å². The van der Waals surface area contributed by atoms with Crippen LogP contribution < -0.4 is 20.7 Å². The van der Waals surface area contributed by atoms with Crippen LogP contribution in [0.15, 0.2) is 18.2 Å². The molecule has 3 rings (SSSR count). The van der Waals surface area contributed by atoms with Gasteiger partial charge < -0.3 is 20.7 Å². The Morgan fingerprint density at radius 1 is 1.27 bits per heavy atom. The van der Waals surface area contributed by atoms with E-state index in [1.54, 1.807) is 18.1 Å². The molecule has 1 saturated carbocycles. The van der Waals surface area contributed by atoms with Crippen LogP contribution >= 0.6 is 0 Å². The number of carbonyl (C=O) groups is 2. The normalized spacial score (nSPS) is 19.5. The zero-order valence-electron chi connectivity index (χ0n) is 15.6. The van der Waals surface area contributed by atoms with E-state index in [1.165, 1.54) is 6.42 Å². The van der Waals surface area contributed by atoms with Crippen molar-refractivity contribution in [3.8, 4) is 5.75 Å². The van der Waals surface area contributed by atoms with Crippen molar-refractivity contribution in [1.29, 1.82) is 0 Å². The molecule has 6 nitrogen and oxygen atoms in total. The van der Waals surface area contributed by atoms with Gasteiger partial charge in [0.2, 0.25) is 11.8 Å². The summed E-state index contributed by atoms with van der Waals surface area (Å²) < 4.78 is 5.45. The second-order valence-corrected chi connectivity index (χ2v) is 7.53. The average Bonchev–Trinajstić information content (AvgIpc) is 3.08. The van der Waals surface area contributed by atoms with Crippen molar-refractivity contribution >= 4 is 23.2 Å². The largest absolute Gasteiger partial charge is 0.494 e. The third-order valence-corrected chi connectivity index (χ3v) is 5.71. The predicted octanol–water partition coefficient (Wildman–Crippen LogP) is 3.06. The van der Waals surface area contributed by atoms with Gasteiger partial charge in [-0.15, -0.1) is 0 Å². The number of methoxy groups -OCH3 is 1. The van der Waals surface area contributed by atoms with Crippen LogP contribution in [0.1, 0.15) is 51.4 Å². The van der Waals surface area contributed by atoms with Crippen LogP contribution in [0, 0.1) is 5.41 Å². The van der Waals surface area contributed by atoms with Gasteiger partial charge in [-0.2, -0.15) is 0 Å². The lowest BCUT2D eigenvalue weighted by atomic mass is 9.71. The molecule has 2 fully saturated rings. The van der Waals surface area contributed by atoms with Crippen LogP contribution in [0.3, 0.4) is 0 Å². The van der Waals surface area contributed by atoms with Crippen LogP contribution in [-0.4, -0.2) is 32.0 Å². The van der Waals surface area contributed by atoms with Crippen molar-refractivity contribution in [2.24, 2.45) is 11.1 Å². The zero-order valence-corrected chi connectivity index (χ0v) is 15.6. The molecule has 142 valence electrons. The molecular weight excluding hydrogens is 330 g/mol. The molecule has 1 saturated heterocycles. The Hall–Kier alpha value is -2.08. The number of anilines is 2. The van der Waals surface area contributed by atoms with Gasteiger partial charge in [0.25, 0.3) is 0 Å². The number of nitrogens with two attached hydrogens (primary N) is 1. The Bertz CT molecular complexity index is 668. The lowest BCUT2D eigenvalue weighted by Crippen LogP contribution is -2.36. The molecule has 3 N–H and O–H groups in total. The fraction of sp³-hybridized carbons (Fsp3) is 0.600. The third kappa shape index (κ3) is 4.01. The molecule has 0 atom stereocenters. The Labute approximate surface area is 155 Å². The van der Waals surface area contributed by atoms with Gasteiger partial charge in [0.15, 0.2) is 0 Å². The van der Waals surface area contributed by atoms with Crippen molar-refractivity contribution < 1.29 is 14.3 Å². The molecular formula is C20H29N3O3. The molecule has 2 aliphatic rings. The average molecular weight is 359 g/mol. The van der Waals surface area contributed by atoms with Gasteiger partial charge in [0, 0.05) is 31.1 Å². The van der Waals surface area contributed by atoms with E-state index < -0.39 is 0 Å². The minimum atomic E-state index is -0.0612. The van der Waals surface area contributed by atoms with Crippen molar-refractivity contribution in [3.05, 3.63) is 18.2 Å². The number of nitrogens with zero attached hydrogens (tertiary/aromatic N) is 1. The first-order valence-electron chi connectivity index (χ1n) is 9.55. The van der Waals surface area contributed by atoms with Crippen LogP contribution in [0.2, 0.25) is 0 Å². The highest BCUT2D eigenvalue weighted by Gasteiger charge is 2.33. The molecule has 26 heavy (non-hydrogen) atoms. The minimum absolute atomic E-state index is 0.00981. The lowest BCUT2D eigenvalue weighted by Gasteiger charge is -2.35. The summed E-state index contributed by atoms with van der Waals surface area (Å²) in [5.41, 5.74) is 7.38. The molecule has 0 radical (unpaired) electrons. The highest BCUT2D eigenvalue weighted by Crippen LogP contribution is 2.39. The third-order valence-electron chi connectivity index (χ3n) is 5.71. The van der Waals surface area contributed by atoms with Gasteiger partial charge in [0.05, 0.1) is 12.8 Å². The van der Waals surface area contributed by atoms with Crippen molar-refractivity contribution in [2.75, 3.05) is 30.4 Å². The molecule has 0 aromatic heterocycles. The van der Waals surface area contributed by atoms with E-state index in [2.05, 4.69) is 5.32 Å². The Kier molecular flexibility index (Phi) is 5.81. The van der Waals surface area contributed by atoms with Crippen molar-refractivity contribution in [3.63, 3.8) is 0 Å². The highest BCUT2D eigenvalue weighted by atomic mass is 16.5. The van der Waals surface area contributed by atoms with Gasteiger partial charge in [-0.1, -0.05) is 19.3 Å². The number of nitrogens with one attached hydrogen (secondary N) is 1. The Morgan fingerprint density at radius 3 is 2.65 bits per heavy atom. The van der Waals surface area contributed by atoms with E-state index in [-0.39, 0.29) is 17.2 Å². The van der Waals surface area contributed by atoms with E-state index in [0.29, 0.717) is 37.4 Å². The zero-order chi connectivity index (χ0) is 18.6. The molecule has 0 bridgehead atoms.